The second-order valence-corrected chi connectivity index (χ2v) is 7.77. The number of phenolic OH excluding ortho intramolecular Hbond substituents is 1. The average Bonchev–Trinajstić information content (AvgIpc) is 2.27. The monoisotopic (exact) mass is 300 g/mol. The van der Waals surface area contributed by atoms with Gasteiger partial charge in [-0.05, 0) is 29.4 Å². The van der Waals surface area contributed by atoms with Crippen molar-refractivity contribution in [2.24, 2.45) is 0 Å². The molecule has 2 nitrogen and oxygen atoms in total. The van der Waals surface area contributed by atoms with Crippen molar-refractivity contribution in [3.8, 4) is 5.75 Å². The molecular weight excluding hydrogens is 276 g/mol. The summed E-state index contributed by atoms with van der Waals surface area (Å²) in [5.41, 5.74) is 1.41. The lowest BCUT2D eigenvalue weighted by Crippen LogP contribution is -2.21. The molecule has 1 aromatic rings. The van der Waals surface area contributed by atoms with E-state index < -0.39 is 0 Å². The highest BCUT2D eigenvalue weighted by Gasteiger charge is 2.29. The Kier molecular flexibility index (Phi) is 5.27. The third-order valence-corrected chi connectivity index (χ3v) is 4.54. The van der Waals surface area contributed by atoms with E-state index in [1.807, 2.05) is 26.0 Å². The summed E-state index contributed by atoms with van der Waals surface area (Å²) in [5, 5.41) is 19.8. The lowest BCUT2D eigenvalue weighted by molar-refractivity contribution is 0.249. The summed E-state index contributed by atoms with van der Waals surface area (Å²) in [7, 11) is 1.38. The minimum Gasteiger partial charge on any atom is -0.507 e. The Labute approximate surface area is 125 Å². The van der Waals surface area contributed by atoms with Crippen molar-refractivity contribution in [3.63, 3.8) is 0 Å². The number of phenols is 1. The van der Waals surface area contributed by atoms with Crippen LogP contribution in [0.2, 0.25) is 0 Å². The van der Waals surface area contributed by atoms with Gasteiger partial charge < -0.3 is 10.2 Å². The van der Waals surface area contributed by atoms with E-state index >= 15 is 0 Å². The molecule has 2 N–H and O–H groups in total. The van der Waals surface area contributed by atoms with Crippen molar-refractivity contribution in [2.45, 2.75) is 56.8 Å². The molecule has 0 aliphatic heterocycles. The van der Waals surface area contributed by atoms with Crippen molar-refractivity contribution in [1.82, 2.24) is 0 Å². The van der Waals surface area contributed by atoms with E-state index in [9.17, 15) is 10.2 Å². The van der Waals surface area contributed by atoms with Crippen LogP contribution >= 0.6 is 22.5 Å². The van der Waals surface area contributed by atoms with Crippen LogP contribution in [0.15, 0.2) is 17.0 Å². The van der Waals surface area contributed by atoms with Gasteiger partial charge in [-0.3, -0.25) is 0 Å². The molecule has 0 aliphatic rings. The maximum absolute atomic E-state index is 10.6. The minimum atomic E-state index is -0.266. The van der Waals surface area contributed by atoms with Crippen molar-refractivity contribution in [2.75, 3.05) is 6.61 Å². The van der Waals surface area contributed by atoms with Gasteiger partial charge >= 0.3 is 0 Å². The Morgan fingerprint density at radius 3 is 2.05 bits per heavy atom. The standard InChI is InChI=1S/C15H24O2S2/c1-14(2,3)11-8-10(19-18)9-12(13(11)17)15(4,5)6-7-16/h8-9,16-18H,6-7H2,1-5H3. The van der Waals surface area contributed by atoms with Crippen LogP contribution in [0.3, 0.4) is 0 Å². The fourth-order valence-corrected chi connectivity index (χ4v) is 2.82. The van der Waals surface area contributed by atoms with Gasteiger partial charge in [0, 0.05) is 22.6 Å². The van der Waals surface area contributed by atoms with Gasteiger partial charge in [-0.1, -0.05) is 45.4 Å². The van der Waals surface area contributed by atoms with Gasteiger partial charge in [0.15, 0.2) is 0 Å². The first-order valence-corrected chi connectivity index (χ1v) is 8.30. The second-order valence-electron chi connectivity index (χ2n) is 6.57. The summed E-state index contributed by atoms with van der Waals surface area (Å²) in [6.07, 6.45) is 0.616. The summed E-state index contributed by atoms with van der Waals surface area (Å²) in [5.74, 6) is 0.345. The minimum absolute atomic E-state index is 0.107. The Bertz CT molecular complexity index is 448. The van der Waals surface area contributed by atoms with E-state index in [1.165, 1.54) is 10.8 Å². The third kappa shape index (κ3) is 3.83. The molecular formula is C15H24O2S2. The molecule has 108 valence electrons. The summed E-state index contributed by atoms with van der Waals surface area (Å²) in [6, 6.07) is 3.96. The highest BCUT2D eigenvalue weighted by atomic mass is 33.1. The Morgan fingerprint density at radius 2 is 1.63 bits per heavy atom. The quantitative estimate of drug-likeness (QED) is 0.574. The first-order valence-electron chi connectivity index (χ1n) is 6.43. The van der Waals surface area contributed by atoms with Crippen molar-refractivity contribution in [1.29, 1.82) is 0 Å². The summed E-state index contributed by atoms with van der Waals surface area (Å²) in [6.45, 7) is 10.4. The topological polar surface area (TPSA) is 40.5 Å². The smallest absolute Gasteiger partial charge is 0.123 e. The molecule has 0 spiro atoms. The highest BCUT2D eigenvalue weighted by molar-refractivity contribution is 8.68. The zero-order valence-electron chi connectivity index (χ0n) is 12.3. The van der Waals surface area contributed by atoms with Gasteiger partial charge in [-0.25, -0.2) is 0 Å². The number of thiol groups is 1. The van der Waals surface area contributed by atoms with Crippen molar-refractivity contribution < 1.29 is 10.2 Å². The number of aliphatic hydroxyl groups is 1. The maximum Gasteiger partial charge on any atom is 0.123 e. The van der Waals surface area contributed by atoms with E-state index in [1.54, 1.807) is 0 Å². The van der Waals surface area contributed by atoms with E-state index in [2.05, 4.69) is 32.4 Å². The lowest BCUT2D eigenvalue weighted by atomic mass is 9.77. The SMILES string of the molecule is CC(C)(C)c1cc(SS)cc(C(C)(C)CCO)c1O. The predicted molar refractivity (Wildman–Crippen MR) is 86.4 cm³/mol. The normalized spacial score (nSPS) is 12.8. The number of hydrogen-bond donors (Lipinski definition) is 3. The van der Waals surface area contributed by atoms with E-state index in [0.29, 0.717) is 12.2 Å². The van der Waals surface area contributed by atoms with Gasteiger partial charge in [-0.2, -0.15) is 0 Å². The number of aliphatic hydroxyl groups excluding tert-OH is 1. The molecule has 0 unspecified atom stereocenters. The molecule has 0 fully saturated rings. The largest absolute Gasteiger partial charge is 0.507 e. The van der Waals surface area contributed by atoms with Gasteiger partial charge in [0.25, 0.3) is 0 Å². The van der Waals surface area contributed by atoms with Crippen LogP contribution in [-0.2, 0) is 10.8 Å². The van der Waals surface area contributed by atoms with Crippen LogP contribution in [0.1, 0.15) is 52.2 Å². The molecule has 0 atom stereocenters. The molecule has 0 saturated heterocycles. The highest BCUT2D eigenvalue weighted by Crippen LogP contribution is 2.43. The molecule has 1 aromatic carbocycles. The number of rotatable bonds is 4. The molecule has 0 saturated carbocycles. The Morgan fingerprint density at radius 1 is 1.11 bits per heavy atom. The molecule has 19 heavy (non-hydrogen) atoms. The van der Waals surface area contributed by atoms with Crippen LogP contribution < -0.4 is 0 Å². The molecule has 0 heterocycles. The molecule has 0 aromatic heterocycles. The van der Waals surface area contributed by atoms with Crippen LogP contribution in [0.5, 0.6) is 5.75 Å². The zero-order chi connectivity index (χ0) is 14.8. The summed E-state index contributed by atoms with van der Waals surface area (Å²) < 4.78 is 0. The molecule has 0 amide bonds. The second kappa shape index (κ2) is 5.98. The number of aromatic hydroxyl groups is 1. The Hall–Kier alpha value is -0.320. The summed E-state index contributed by atoms with van der Waals surface area (Å²) in [4.78, 5) is 1.02. The zero-order valence-corrected chi connectivity index (χ0v) is 14.0. The van der Waals surface area contributed by atoms with E-state index in [0.717, 1.165) is 16.0 Å². The van der Waals surface area contributed by atoms with Gasteiger partial charge in [0.1, 0.15) is 5.75 Å². The van der Waals surface area contributed by atoms with Crippen LogP contribution in [-0.4, -0.2) is 16.8 Å². The van der Waals surface area contributed by atoms with E-state index in [4.69, 9.17) is 0 Å². The van der Waals surface area contributed by atoms with Crippen LogP contribution in [0.4, 0.5) is 0 Å². The maximum atomic E-state index is 10.6. The first-order chi connectivity index (χ1) is 8.63. The number of benzene rings is 1. The molecule has 4 heteroatoms. The van der Waals surface area contributed by atoms with Crippen molar-refractivity contribution >= 4 is 22.5 Å². The Balaban J connectivity index is 3.48. The first kappa shape index (κ1) is 16.7. The van der Waals surface area contributed by atoms with Gasteiger partial charge in [0.2, 0.25) is 0 Å². The molecule has 0 bridgehead atoms. The van der Waals surface area contributed by atoms with Crippen LogP contribution in [0.25, 0.3) is 0 Å². The van der Waals surface area contributed by atoms with Crippen molar-refractivity contribution in [3.05, 3.63) is 23.3 Å². The fraction of sp³-hybridized carbons (Fsp3) is 0.600. The van der Waals surface area contributed by atoms with Gasteiger partial charge in [-0.15, -0.1) is 11.7 Å². The molecule has 0 aliphatic carbocycles. The number of hydrogen-bond acceptors (Lipinski definition) is 4. The predicted octanol–water partition coefficient (Wildman–Crippen LogP) is 4.29. The third-order valence-electron chi connectivity index (χ3n) is 3.46. The average molecular weight is 300 g/mol. The van der Waals surface area contributed by atoms with E-state index in [-0.39, 0.29) is 17.4 Å². The van der Waals surface area contributed by atoms with Crippen LogP contribution in [0, 0.1) is 0 Å². The lowest BCUT2D eigenvalue weighted by Gasteiger charge is -2.30. The van der Waals surface area contributed by atoms with Gasteiger partial charge in [0.05, 0.1) is 0 Å². The molecule has 0 radical (unpaired) electrons. The fourth-order valence-electron chi connectivity index (χ4n) is 2.16. The molecule has 1 rings (SSSR count). The summed E-state index contributed by atoms with van der Waals surface area (Å²) >= 11 is 4.27.